The van der Waals surface area contributed by atoms with Gasteiger partial charge in [-0.05, 0) is 60.0 Å². The number of hydrogen-bond donors (Lipinski definition) is 3. The molecule has 184 valence electrons. The van der Waals surface area contributed by atoms with Crippen LogP contribution in [0.25, 0.3) is 17.2 Å². The van der Waals surface area contributed by atoms with Crippen molar-refractivity contribution in [3.63, 3.8) is 0 Å². The van der Waals surface area contributed by atoms with Gasteiger partial charge in [0.25, 0.3) is 6.26 Å². The Morgan fingerprint density at radius 3 is 2.47 bits per heavy atom. The molecule has 0 saturated carbocycles. The maximum Gasteiger partial charge on any atom is 0.330 e. The number of benzene rings is 3. The van der Waals surface area contributed by atoms with E-state index in [1.807, 2.05) is 30.3 Å². The lowest BCUT2D eigenvalue weighted by molar-refractivity contribution is -0.138. The van der Waals surface area contributed by atoms with Crippen LogP contribution in [0, 0.1) is 11.5 Å². The average Bonchev–Trinajstić information content (AvgIpc) is 2.87. The molecule has 0 aliphatic rings. The number of nitrogens with one attached hydrogen (secondary N) is 1. The third-order valence-corrected chi connectivity index (χ3v) is 5.13. The minimum atomic E-state index is -0.530. The van der Waals surface area contributed by atoms with Gasteiger partial charge >= 0.3 is 5.97 Å². The minimum absolute atomic E-state index is 0.0927. The summed E-state index contributed by atoms with van der Waals surface area (Å²) in [5.41, 5.74) is 15.4. The summed E-state index contributed by atoms with van der Waals surface area (Å²) in [6, 6.07) is 17.5. The highest BCUT2D eigenvalue weighted by atomic mass is 16.5. The molecule has 3 rings (SSSR count). The average molecular weight is 487 g/mol. The zero-order chi connectivity index (χ0) is 25.9. The summed E-state index contributed by atoms with van der Waals surface area (Å²) < 4.78 is 15.4. The van der Waals surface area contributed by atoms with Crippen molar-refractivity contribution in [1.29, 1.82) is 5.26 Å². The lowest BCUT2D eigenvalue weighted by Gasteiger charge is -2.09. The van der Waals surface area contributed by atoms with Gasteiger partial charge in [0, 0.05) is 23.7 Å². The lowest BCUT2D eigenvalue weighted by Crippen LogP contribution is -2.14. The monoisotopic (exact) mass is 486 g/mol. The number of nitrogen functional groups attached to an aromatic ring is 2. The summed E-state index contributed by atoms with van der Waals surface area (Å²) in [7, 11) is 1.54. The van der Waals surface area contributed by atoms with E-state index < -0.39 is 5.97 Å². The van der Waals surface area contributed by atoms with E-state index in [9.17, 15) is 9.59 Å². The van der Waals surface area contributed by atoms with Crippen LogP contribution in [0.3, 0.4) is 0 Å². The molecular formula is C27H26N4O5. The molecule has 0 aliphatic carbocycles. The predicted octanol–water partition coefficient (Wildman–Crippen LogP) is 4.36. The van der Waals surface area contributed by atoms with E-state index in [1.165, 1.54) is 6.08 Å². The standard InChI is InChI=1S/C27H26N4O5/c1-34-25-15-20(18-6-10-22(11-7-18)36-17-28)5-4-19(25)8-13-27(33)35-14-2-3-26(32)31-24-12-9-21(29)16-23(24)30/h4-13,15-16H,2-3,14,29-30H2,1H3,(H,31,32)/b13-8+. The Bertz CT molecular complexity index is 1300. The fourth-order valence-electron chi connectivity index (χ4n) is 3.32. The molecule has 0 radical (unpaired) electrons. The Labute approximate surface area is 208 Å². The van der Waals surface area contributed by atoms with Crippen LogP contribution < -0.4 is 26.3 Å². The van der Waals surface area contributed by atoms with Gasteiger partial charge in [-0.25, -0.2) is 4.79 Å². The zero-order valence-electron chi connectivity index (χ0n) is 19.7. The molecule has 0 bridgehead atoms. The second-order valence-corrected chi connectivity index (χ2v) is 7.67. The third kappa shape index (κ3) is 7.27. The Kier molecular flexibility index (Phi) is 8.89. The molecule has 0 fully saturated rings. The van der Waals surface area contributed by atoms with Gasteiger partial charge in [-0.15, -0.1) is 5.26 Å². The van der Waals surface area contributed by atoms with Crippen molar-refractivity contribution in [1.82, 2.24) is 0 Å². The van der Waals surface area contributed by atoms with Crippen molar-refractivity contribution in [2.75, 3.05) is 30.5 Å². The number of carbonyl (C=O) groups is 2. The SMILES string of the molecule is COc1cc(-c2ccc(OC#N)cc2)ccc1/C=C/C(=O)OCCCC(=O)Nc1ccc(N)cc1N. The summed E-state index contributed by atoms with van der Waals surface area (Å²) in [5.74, 6) is 0.262. The van der Waals surface area contributed by atoms with E-state index in [0.29, 0.717) is 40.5 Å². The molecule has 3 aromatic carbocycles. The van der Waals surface area contributed by atoms with Gasteiger partial charge in [-0.2, -0.15) is 0 Å². The number of esters is 1. The number of carbonyl (C=O) groups excluding carboxylic acids is 2. The Morgan fingerprint density at radius 1 is 1.03 bits per heavy atom. The first-order valence-corrected chi connectivity index (χ1v) is 11.0. The smallest absolute Gasteiger partial charge is 0.330 e. The molecule has 9 nitrogen and oxygen atoms in total. The zero-order valence-corrected chi connectivity index (χ0v) is 19.7. The normalized spacial score (nSPS) is 10.4. The molecule has 0 unspecified atom stereocenters. The number of amides is 1. The van der Waals surface area contributed by atoms with Crippen molar-refractivity contribution in [2.24, 2.45) is 0 Å². The van der Waals surface area contributed by atoms with Crippen molar-refractivity contribution in [3.05, 3.63) is 72.3 Å². The molecule has 1 amide bonds. The van der Waals surface area contributed by atoms with Gasteiger partial charge in [-0.1, -0.05) is 24.3 Å². The van der Waals surface area contributed by atoms with Crippen LogP contribution in [0.1, 0.15) is 18.4 Å². The van der Waals surface area contributed by atoms with Crippen molar-refractivity contribution < 1.29 is 23.8 Å². The molecule has 0 heterocycles. The van der Waals surface area contributed by atoms with Crippen LogP contribution in [-0.2, 0) is 14.3 Å². The number of ether oxygens (including phenoxy) is 3. The first-order chi connectivity index (χ1) is 17.4. The van der Waals surface area contributed by atoms with Crippen molar-refractivity contribution >= 4 is 35.0 Å². The van der Waals surface area contributed by atoms with Gasteiger partial charge in [-0.3, -0.25) is 4.79 Å². The van der Waals surface area contributed by atoms with E-state index in [4.69, 9.17) is 30.9 Å². The number of nitrogens with zero attached hydrogens (tertiary/aromatic N) is 1. The summed E-state index contributed by atoms with van der Waals surface area (Å²) in [5, 5.41) is 11.3. The van der Waals surface area contributed by atoms with E-state index in [-0.39, 0.29) is 18.9 Å². The van der Waals surface area contributed by atoms with Crippen molar-refractivity contribution in [3.8, 4) is 28.9 Å². The van der Waals surface area contributed by atoms with Gasteiger partial charge in [0.15, 0.2) is 0 Å². The van der Waals surface area contributed by atoms with Crippen LogP contribution >= 0.6 is 0 Å². The van der Waals surface area contributed by atoms with Crippen molar-refractivity contribution in [2.45, 2.75) is 12.8 Å². The van der Waals surface area contributed by atoms with E-state index in [2.05, 4.69) is 5.32 Å². The number of nitriles is 1. The van der Waals surface area contributed by atoms with Gasteiger partial charge < -0.3 is 31.0 Å². The van der Waals surface area contributed by atoms with E-state index in [0.717, 1.165) is 11.1 Å². The molecule has 0 aliphatic heterocycles. The Balaban J connectivity index is 1.49. The summed E-state index contributed by atoms with van der Waals surface area (Å²) in [6.45, 7) is 0.0927. The molecule has 36 heavy (non-hydrogen) atoms. The fourth-order valence-corrected chi connectivity index (χ4v) is 3.32. The number of anilines is 3. The highest BCUT2D eigenvalue weighted by Crippen LogP contribution is 2.29. The molecule has 3 aromatic rings. The number of methoxy groups -OCH3 is 1. The second-order valence-electron chi connectivity index (χ2n) is 7.67. The summed E-state index contributed by atoms with van der Waals surface area (Å²) in [4.78, 5) is 24.2. The molecule has 0 aromatic heterocycles. The highest BCUT2D eigenvalue weighted by molar-refractivity contribution is 5.94. The van der Waals surface area contributed by atoms with Crippen LogP contribution in [0.2, 0.25) is 0 Å². The second kappa shape index (κ2) is 12.5. The van der Waals surface area contributed by atoms with E-state index in [1.54, 1.807) is 49.8 Å². The van der Waals surface area contributed by atoms with Crippen LogP contribution in [-0.4, -0.2) is 25.6 Å². The maximum absolute atomic E-state index is 12.1. The molecule has 5 N–H and O–H groups in total. The fraction of sp³-hybridized carbons (Fsp3) is 0.148. The molecule has 0 atom stereocenters. The molecular weight excluding hydrogens is 460 g/mol. The van der Waals surface area contributed by atoms with Gasteiger partial charge in [0.2, 0.25) is 5.91 Å². The highest BCUT2D eigenvalue weighted by Gasteiger charge is 2.08. The van der Waals surface area contributed by atoms with Crippen LogP contribution in [0.4, 0.5) is 17.1 Å². The number of rotatable bonds is 10. The first kappa shape index (κ1) is 25.6. The van der Waals surface area contributed by atoms with Gasteiger partial charge in [0.1, 0.15) is 11.5 Å². The first-order valence-electron chi connectivity index (χ1n) is 11.0. The predicted molar refractivity (Wildman–Crippen MR) is 138 cm³/mol. The Morgan fingerprint density at radius 2 is 1.78 bits per heavy atom. The maximum atomic E-state index is 12.1. The largest absolute Gasteiger partial charge is 0.496 e. The lowest BCUT2D eigenvalue weighted by atomic mass is 10.0. The number of hydrogen-bond acceptors (Lipinski definition) is 8. The molecule has 9 heteroatoms. The van der Waals surface area contributed by atoms with Gasteiger partial charge in [0.05, 0.1) is 25.1 Å². The quantitative estimate of drug-likeness (QED) is 0.126. The minimum Gasteiger partial charge on any atom is -0.496 e. The van der Waals surface area contributed by atoms with Crippen LogP contribution in [0.15, 0.2) is 66.7 Å². The molecule has 0 spiro atoms. The van der Waals surface area contributed by atoms with E-state index >= 15 is 0 Å². The molecule has 0 saturated heterocycles. The summed E-state index contributed by atoms with van der Waals surface area (Å²) >= 11 is 0. The summed E-state index contributed by atoms with van der Waals surface area (Å²) in [6.07, 6.45) is 5.07. The third-order valence-electron chi connectivity index (χ3n) is 5.13. The topological polar surface area (TPSA) is 150 Å². The Hall–Kier alpha value is -4.97. The van der Waals surface area contributed by atoms with Crippen LogP contribution in [0.5, 0.6) is 11.5 Å². The number of nitrogens with two attached hydrogens (primary N) is 2.